The lowest BCUT2D eigenvalue weighted by atomic mass is 10.5. The van der Waals surface area contributed by atoms with Gasteiger partial charge < -0.3 is 5.32 Å². The molecule has 1 aliphatic rings. The minimum atomic E-state index is 0.816. The number of aromatic nitrogens is 2. The Morgan fingerprint density at radius 3 is 3.07 bits per heavy atom. The first kappa shape index (κ1) is 10.4. The van der Waals surface area contributed by atoms with Crippen LogP contribution in [-0.4, -0.2) is 27.7 Å². The third kappa shape index (κ3) is 3.22. The third-order valence-electron chi connectivity index (χ3n) is 2.10. The molecule has 1 fully saturated rings. The van der Waals surface area contributed by atoms with Gasteiger partial charge in [0.15, 0.2) is 4.34 Å². The molecule has 0 radical (unpaired) electrons. The van der Waals surface area contributed by atoms with Gasteiger partial charge in [0.2, 0.25) is 0 Å². The summed E-state index contributed by atoms with van der Waals surface area (Å²) in [6.07, 6.45) is 3.67. The fourth-order valence-corrected chi connectivity index (χ4v) is 2.77. The molecular weight excluding hydrogens is 214 g/mol. The monoisotopic (exact) mass is 229 g/mol. The van der Waals surface area contributed by atoms with E-state index in [1.165, 1.54) is 24.4 Å². The van der Waals surface area contributed by atoms with Crippen molar-refractivity contribution in [2.75, 3.05) is 12.3 Å². The van der Waals surface area contributed by atoms with Crippen molar-refractivity contribution in [3.05, 3.63) is 5.82 Å². The summed E-state index contributed by atoms with van der Waals surface area (Å²) in [5.74, 6) is 2.09. The predicted octanol–water partition coefficient (Wildman–Crippen LogP) is 1.94. The maximum absolute atomic E-state index is 4.40. The van der Waals surface area contributed by atoms with Crippen LogP contribution in [0.15, 0.2) is 4.34 Å². The van der Waals surface area contributed by atoms with Gasteiger partial charge in [0, 0.05) is 24.8 Å². The second kappa shape index (κ2) is 5.09. The van der Waals surface area contributed by atoms with Crippen molar-refractivity contribution in [2.24, 2.45) is 0 Å². The highest BCUT2D eigenvalue weighted by Gasteiger charge is 2.19. The second-order valence-corrected chi connectivity index (χ2v) is 5.50. The van der Waals surface area contributed by atoms with Crippen molar-refractivity contribution in [1.82, 2.24) is 14.7 Å². The Kier molecular flexibility index (Phi) is 3.78. The lowest BCUT2D eigenvalue weighted by Gasteiger charge is -1.99. The van der Waals surface area contributed by atoms with Crippen molar-refractivity contribution >= 4 is 23.3 Å². The molecule has 1 aliphatic carbocycles. The first-order valence-corrected chi connectivity index (χ1v) is 6.83. The number of hydrogen-bond donors (Lipinski definition) is 1. The van der Waals surface area contributed by atoms with Crippen LogP contribution < -0.4 is 5.32 Å². The van der Waals surface area contributed by atoms with Crippen LogP contribution in [0.25, 0.3) is 0 Å². The van der Waals surface area contributed by atoms with Gasteiger partial charge in [-0.25, -0.2) is 4.98 Å². The molecule has 78 valence electrons. The van der Waals surface area contributed by atoms with E-state index in [9.17, 15) is 0 Å². The SMILES string of the molecule is CCc1nsc(SCCNC2CC2)n1. The molecule has 0 unspecified atom stereocenters. The van der Waals surface area contributed by atoms with Crippen LogP contribution >= 0.6 is 23.3 Å². The number of nitrogens with zero attached hydrogens (tertiary/aromatic N) is 2. The summed E-state index contributed by atoms with van der Waals surface area (Å²) in [7, 11) is 0. The van der Waals surface area contributed by atoms with E-state index in [0.29, 0.717) is 0 Å². The van der Waals surface area contributed by atoms with Crippen LogP contribution in [-0.2, 0) is 6.42 Å². The average molecular weight is 229 g/mol. The lowest BCUT2D eigenvalue weighted by Crippen LogP contribution is -2.18. The summed E-state index contributed by atoms with van der Waals surface area (Å²) < 4.78 is 5.36. The van der Waals surface area contributed by atoms with Crippen molar-refractivity contribution in [1.29, 1.82) is 0 Å². The molecule has 0 spiro atoms. The first-order valence-electron chi connectivity index (χ1n) is 5.07. The fraction of sp³-hybridized carbons (Fsp3) is 0.778. The van der Waals surface area contributed by atoms with Crippen LogP contribution in [0, 0.1) is 0 Å². The van der Waals surface area contributed by atoms with Gasteiger partial charge >= 0.3 is 0 Å². The molecule has 0 atom stereocenters. The van der Waals surface area contributed by atoms with E-state index in [4.69, 9.17) is 0 Å². The molecule has 0 bridgehead atoms. The molecule has 3 nitrogen and oxygen atoms in total. The van der Waals surface area contributed by atoms with Crippen LogP contribution in [0.2, 0.25) is 0 Å². The predicted molar refractivity (Wildman–Crippen MR) is 61.0 cm³/mol. The Labute approximate surface area is 92.9 Å². The van der Waals surface area contributed by atoms with Gasteiger partial charge in [-0.15, -0.1) is 0 Å². The highest BCUT2D eigenvalue weighted by atomic mass is 32.2. The van der Waals surface area contributed by atoms with E-state index in [0.717, 1.165) is 34.9 Å². The molecule has 14 heavy (non-hydrogen) atoms. The number of hydrogen-bond acceptors (Lipinski definition) is 5. The van der Waals surface area contributed by atoms with Crippen molar-refractivity contribution in [2.45, 2.75) is 36.6 Å². The van der Waals surface area contributed by atoms with Crippen LogP contribution in [0.4, 0.5) is 0 Å². The molecule has 0 amide bonds. The van der Waals surface area contributed by atoms with Gasteiger partial charge in [-0.3, -0.25) is 0 Å². The van der Waals surface area contributed by atoms with E-state index in [1.54, 1.807) is 0 Å². The normalized spacial score (nSPS) is 16.1. The summed E-state index contributed by atoms with van der Waals surface area (Å²) in [6, 6.07) is 0.816. The Bertz CT molecular complexity index is 283. The Balaban J connectivity index is 1.63. The number of thioether (sulfide) groups is 1. The van der Waals surface area contributed by atoms with E-state index >= 15 is 0 Å². The molecule has 0 aliphatic heterocycles. The topological polar surface area (TPSA) is 37.8 Å². The maximum atomic E-state index is 4.40. The van der Waals surface area contributed by atoms with Gasteiger partial charge in [0.05, 0.1) is 0 Å². The van der Waals surface area contributed by atoms with E-state index in [1.807, 2.05) is 11.8 Å². The van der Waals surface area contributed by atoms with Gasteiger partial charge in [0.25, 0.3) is 0 Å². The molecule has 1 saturated carbocycles. The van der Waals surface area contributed by atoms with Crippen LogP contribution in [0.5, 0.6) is 0 Å². The van der Waals surface area contributed by atoms with Gasteiger partial charge in [-0.1, -0.05) is 18.7 Å². The molecule has 1 aromatic heterocycles. The summed E-state index contributed by atoms with van der Waals surface area (Å²) >= 11 is 3.33. The smallest absolute Gasteiger partial charge is 0.170 e. The number of nitrogens with one attached hydrogen (secondary N) is 1. The minimum Gasteiger partial charge on any atom is -0.313 e. The fourth-order valence-electron chi connectivity index (χ4n) is 1.13. The third-order valence-corrected chi connectivity index (χ3v) is 3.98. The van der Waals surface area contributed by atoms with Gasteiger partial charge in [0.1, 0.15) is 5.82 Å². The molecule has 0 aromatic carbocycles. The maximum Gasteiger partial charge on any atom is 0.170 e. The zero-order valence-corrected chi connectivity index (χ0v) is 9.96. The van der Waals surface area contributed by atoms with Crippen LogP contribution in [0.1, 0.15) is 25.6 Å². The highest BCUT2D eigenvalue weighted by Crippen LogP contribution is 2.21. The Hall–Kier alpha value is -0.130. The second-order valence-electron chi connectivity index (χ2n) is 3.41. The van der Waals surface area contributed by atoms with Crippen molar-refractivity contribution < 1.29 is 0 Å². The zero-order valence-electron chi connectivity index (χ0n) is 8.32. The summed E-state index contributed by atoms with van der Waals surface area (Å²) in [5.41, 5.74) is 0. The molecule has 1 aromatic rings. The molecule has 0 saturated heterocycles. The van der Waals surface area contributed by atoms with Gasteiger partial charge in [-0.2, -0.15) is 4.37 Å². The highest BCUT2D eigenvalue weighted by molar-refractivity contribution is 8.00. The number of rotatable bonds is 6. The molecule has 1 heterocycles. The van der Waals surface area contributed by atoms with Crippen molar-refractivity contribution in [3.63, 3.8) is 0 Å². The van der Waals surface area contributed by atoms with Crippen molar-refractivity contribution in [3.8, 4) is 0 Å². The number of aryl methyl sites for hydroxylation is 1. The first-order chi connectivity index (χ1) is 6.88. The molecule has 5 heteroatoms. The van der Waals surface area contributed by atoms with E-state index < -0.39 is 0 Å². The van der Waals surface area contributed by atoms with E-state index in [2.05, 4.69) is 21.6 Å². The summed E-state index contributed by atoms with van der Waals surface area (Å²) in [4.78, 5) is 4.40. The largest absolute Gasteiger partial charge is 0.313 e. The molecule has 1 N–H and O–H groups in total. The van der Waals surface area contributed by atoms with Gasteiger partial charge in [-0.05, 0) is 24.4 Å². The minimum absolute atomic E-state index is 0.816. The zero-order chi connectivity index (χ0) is 9.80. The lowest BCUT2D eigenvalue weighted by molar-refractivity contribution is 0.726. The Morgan fingerprint density at radius 2 is 2.43 bits per heavy atom. The quantitative estimate of drug-likeness (QED) is 0.597. The standard InChI is InChI=1S/C9H15N3S2/c1-2-8-11-9(14-12-8)13-6-5-10-7-3-4-7/h7,10H,2-6H2,1H3. The molecular formula is C9H15N3S2. The summed E-state index contributed by atoms with van der Waals surface area (Å²) in [6.45, 7) is 3.18. The Morgan fingerprint density at radius 1 is 1.57 bits per heavy atom. The molecule has 2 rings (SSSR count). The average Bonchev–Trinajstić information content (AvgIpc) is 2.91. The van der Waals surface area contributed by atoms with E-state index in [-0.39, 0.29) is 0 Å². The van der Waals surface area contributed by atoms with Crippen LogP contribution in [0.3, 0.4) is 0 Å². The summed E-state index contributed by atoms with van der Waals surface area (Å²) in [5, 5.41) is 3.48.